The minimum absolute atomic E-state index is 0.00585. The van der Waals surface area contributed by atoms with Crippen molar-refractivity contribution >= 4 is 0 Å². The number of ether oxygens (including phenoxy) is 1. The Morgan fingerprint density at radius 1 is 1.47 bits per heavy atom. The molecule has 1 aliphatic heterocycles. The molecule has 1 saturated heterocycles. The van der Waals surface area contributed by atoms with Crippen molar-refractivity contribution in [3.63, 3.8) is 0 Å². The van der Waals surface area contributed by atoms with Gasteiger partial charge in [-0.2, -0.15) is 0 Å². The highest BCUT2D eigenvalue weighted by atomic mass is 19.1. The molecule has 0 bridgehead atoms. The summed E-state index contributed by atoms with van der Waals surface area (Å²) in [6, 6.07) is 4.50. The molecule has 1 heterocycles. The van der Waals surface area contributed by atoms with Crippen molar-refractivity contribution < 1.29 is 14.2 Å². The number of phenolic OH excluding ortho intramolecular Hbond substituents is 1. The number of nitrogens with one attached hydrogen (secondary N) is 1. The summed E-state index contributed by atoms with van der Waals surface area (Å²) in [5.74, 6) is -0.410. The van der Waals surface area contributed by atoms with Crippen molar-refractivity contribution in [2.24, 2.45) is 0 Å². The van der Waals surface area contributed by atoms with Crippen molar-refractivity contribution in [1.29, 1.82) is 0 Å². The lowest BCUT2D eigenvalue weighted by atomic mass is 9.93. The van der Waals surface area contributed by atoms with Crippen LogP contribution in [0.25, 0.3) is 0 Å². The lowest BCUT2D eigenvalue weighted by Crippen LogP contribution is -2.44. The van der Waals surface area contributed by atoms with Gasteiger partial charge in [-0.1, -0.05) is 6.07 Å². The van der Waals surface area contributed by atoms with Gasteiger partial charge in [-0.25, -0.2) is 4.39 Å². The SMILES string of the molecule is CC(NC1CCOC(C)(C)C1)c1ccc(F)cc1O. The van der Waals surface area contributed by atoms with Gasteiger partial charge < -0.3 is 15.2 Å². The predicted molar refractivity (Wildman–Crippen MR) is 72.7 cm³/mol. The first-order valence-corrected chi connectivity index (χ1v) is 6.76. The summed E-state index contributed by atoms with van der Waals surface area (Å²) in [6.07, 6.45) is 1.88. The smallest absolute Gasteiger partial charge is 0.126 e. The molecule has 106 valence electrons. The van der Waals surface area contributed by atoms with Crippen LogP contribution in [0.1, 0.15) is 45.2 Å². The number of halogens is 1. The average molecular weight is 267 g/mol. The van der Waals surface area contributed by atoms with Gasteiger partial charge in [-0.05, 0) is 39.7 Å². The van der Waals surface area contributed by atoms with Gasteiger partial charge in [0.25, 0.3) is 0 Å². The summed E-state index contributed by atoms with van der Waals surface area (Å²) in [7, 11) is 0. The Labute approximate surface area is 113 Å². The van der Waals surface area contributed by atoms with E-state index in [4.69, 9.17) is 4.74 Å². The van der Waals surface area contributed by atoms with Gasteiger partial charge in [-0.3, -0.25) is 0 Å². The van der Waals surface area contributed by atoms with Gasteiger partial charge in [0.05, 0.1) is 5.60 Å². The molecule has 0 amide bonds. The fourth-order valence-electron chi connectivity index (χ4n) is 2.70. The molecule has 4 heteroatoms. The Hall–Kier alpha value is -1.13. The zero-order chi connectivity index (χ0) is 14.0. The van der Waals surface area contributed by atoms with E-state index in [1.54, 1.807) is 6.07 Å². The molecule has 1 aromatic rings. The number of hydrogen-bond donors (Lipinski definition) is 2. The zero-order valence-corrected chi connectivity index (χ0v) is 11.7. The molecule has 3 nitrogen and oxygen atoms in total. The molecule has 2 rings (SSSR count). The molecule has 0 radical (unpaired) electrons. The van der Waals surface area contributed by atoms with Gasteiger partial charge in [-0.15, -0.1) is 0 Å². The second kappa shape index (κ2) is 5.47. The van der Waals surface area contributed by atoms with E-state index in [9.17, 15) is 9.50 Å². The Morgan fingerprint density at radius 2 is 2.21 bits per heavy atom. The minimum Gasteiger partial charge on any atom is -0.508 e. The first-order valence-electron chi connectivity index (χ1n) is 6.76. The predicted octanol–water partition coefficient (Wildman–Crippen LogP) is 3.14. The summed E-state index contributed by atoms with van der Waals surface area (Å²) in [5, 5.41) is 13.3. The molecule has 2 unspecified atom stereocenters. The zero-order valence-electron chi connectivity index (χ0n) is 11.7. The van der Waals surface area contributed by atoms with E-state index in [2.05, 4.69) is 19.2 Å². The number of phenols is 1. The Bertz CT molecular complexity index is 448. The highest BCUT2D eigenvalue weighted by Gasteiger charge is 2.29. The maximum absolute atomic E-state index is 13.0. The third-order valence-electron chi connectivity index (χ3n) is 3.64. The Morgan fingerprint density at radius 3 is 2.84 bits per heavy atom. The van der Waals surface area contributed by atoms with Crippen molar-refractivity contribution in [3.05, 3.63) is 29.6 Å². The molecule has 1 aliphatic rings. The van der Waals surface area contributed by atoms with Crippen LogP contribution in [0.3, 0.4) is 0 Å². The second-order valence-corrected chi connectivity index (χ2v) is 5.89. The van der Waals surface area contributed by atoms with Crippen LogP contribution in [-0.4, -0.2) is 23.4 Å². The maximum atomic E-state index is 13.0. The van der Waals surface area contributed by atoms with Crippen molar-refractivity contribution in [1.82, 2.24) is 5.32 Å². The maximum Gasteiger partial charge on any atom is 0.126 e. The van der Waals surface area contributed by atoms with Crippen LogP contribution in [-0.2, 0) is 4.74 Å². The van der Waals surface area contributed by atoms with Crippen LogP contribution in [0.15, 0.2) is 18.2 Å². The standard InChI is InChI=1S/C15H22FNO2/c1-10(13-5-4-11(16)8-14(13)18)17-12-6-7-19-15(2,3)9-12/h4-5,8,10,12,17-18H,6-7,9H2,1-3H3. The number of rotatable bonds is 3. The molecule has 0 aliphatic carbocycles. The number of hydrogen-bond acceptors (Lipinski definition) is 3. The summed E-state index contributed by atoms with van der Waals surface area (Å²) in [5.41, 5.74) is 0.617. The first kappa shape index (κ1) is 14.3. The minimum atomic E-state index is -0.416. The van der Waals surface area contributed by atoms with E-state index >= 15 is 0 Å². The molecule has 0 spiro atoms. The highest BCUT2D eigenvalue weighted by Crippen LogP contribution is 2.29. The van der Waals surface area contributed by atoms with Crippen molar-refractivity contribution in [3.8, 4) is 5.75 Å². The lowest BCUT2D eigenvalue weighted by Gasteiger charge is -2.37. The molecule has 1 aromatic carbocycles. The first-order chi connectivity index (χ1) is 8.87. The van der Waals surface area contributed by atoms with Gasteiger partial charge in [0, 0.05) is 30.3 Å². The molecule has 0 aromatic heterocycles. The van der Waals surface area contributed by atoms with Crippen LogP contribution >= 0.6 is 0 Å². The molecule has 19 heavy (non-hydrogen) atoms. The van der Waals surface area contributed by atoms with E-state index in [0.29, 0.717) is 6.04 Å². The second-order valence-electron chi connectivity index (χ2n) is 5.89. The molecule has 2 N–H and O–H groups in total. The van der Waals surface area contributed by atoms with Crippen molar-refractivity contribution in [2.45, 2.75) is 51.3 Å². The molecular weight excluding hydrogens is 245 g/mol. The summed E-state index contributed by atoms with van der Waals surface area (Å²) < 4.78 is 18.7. The average Bonchev–Trinajstić information content (AvgIpc) is 2.27. The van der Waals surface area contributed by atoms with E-state index in [0.717, 1.165) is 31.1 Å². The van der Waals surface area contributed by atoms with Gasteiger partial charge in [0.2, 0.25) is 0 Å². The Balaban J connectivity index is 2.02. The highest BCUT2D eigenvalue weighted by molar-refractivity contribution is 5.34. The molecule has 1 fully saturated rings. The van der Waals surface area contributed by atoms with E-state index in [1.165, 1.54) is 6.07 Å². The van der Waals surface area contributed by atoms with E-state index in [-0.39, 0.29) is 17.4 Å². The third kappa shape index (κ3) is 3.67. The third-order valence-corrected chi connectivity index (χ3v) is 3.64. The Kier molecular flexibility index (Phi) is 4.11. The van der Waals surface area contributed by atoms with Crippen molar-refractivity contribution in [2.75, 3.05) is 6.61 Å². The van der Waals surface area contributed by atoms with Crippen LogP contribution < -0.4 is 5.32 Å². The van der Waals surface area contributed by atoms with Gasteiger partial charge >= 0.3 is 0 Å². The molecule has 2 atom stereocenters. The quantitative estimate of drug-likeness (QED) is 0.884. The summed E-state index contributed by atoms with van der Waals surface area (Å²) in [6.45, 7) is 6.89. The topological polar surface area (TPSA) is 41.5 Å². The fraction of sp³-hybridized carbons (Fsp3) is 0.600. The molecular formula is C15H22FNO2. The number of benzene rings is 1. The number of aromatic hydroxyl groups is 1. The monoisotopic (exact) mass is 267 g/mol. The van der Waals surface area contributed by atoms with Crippen LogP contribution in [0.4, 0.5) is 4.39 Å². The van der Waals surface area contributed by atoms with E-state index in [1.807, 2.05) is 6.92 Å². The van der Waals surface area contributed by atoms with Crippen LogP contribution in [0.2, 0.25) is 0 Å². The summed E-state index contributed by atoms with van der Waals surface area (Å²) >= 11 is 0. The molecule has 0 saturated carbocycles. The normalized spacial score (nSPS) is 24.1. The van der Waals surface area contributed by atoms with E-state index < -0.39 is 5.82 Å². The van der Waals surface area contributed by atoms with Gasteiger partial charge in [0.15, 0.2) is 0 Å². The summed E-state index contributed by atoms with van der Waals surface area (Å²) in [4.78, 5) is 0. The van der Waals surface area contributed by atoms with Crippen LogP contribution in [0.5, 0.6) is 5.75 Å². The lowest BCUT2D eigenvalue weighted by molar-refractivity contribution is -0.0640. The van der Waals surface area contributed by atoms with Gasteiger partial charge in [0.1, 0.15) is 11.6 Å². The van der Waals surface area contributed by atoms with Crippen LogP contribution in [0, 0.1) is 5.82 Å². The fourth-order valence-corrected chi connectivity index (χ4v) is 2.70. The largest absolute Gasteiger partial charge is 0.508 e.